The van der Waals surface area contributed by atoms with Crippen molar-refractivity contribution in [2.75, 3.05) is 0 Å². The van der Waals surface area contributed by atoms with Crippen LogP contribution < -0.4 is 5.73 Å². The minimum Gasteiger partial charge on any atom is -0.469 e. The molecule has 0 radical (unpaired) electrons. The third-order valence-corrected chi connectivity index (χ3v) is 3.99. The average Bonchev–Trinajstić information content (AvgIpc) is 2.74. The van der Waals surface area contributed by atoms with Crippen molar-refractivity contribution in [1.29, 1.82) is 0 Å². The van der Waals surface area contributed by atoms with Crippen molar-refractivity contribution >= 4 is 0 Å². The number of furan rings is 1. The van der Waals surface area contributed by atoms with Crippen molar-refractivity contribution in [1.82, 2.24) is 0 Å². The summed E-state index contributed by atoms with van der Waals surface area (Å²) in [5.74, 6) is 1.63. The highest BCUT2D eigenvalue weighted by Crippen LogP contribution is 2.40. The largest absolute Gasteiger partial charge is 0.469 e. The van der Waals surface area contributed by atoms with Gasteiger partial charge < -0.3 is 10.2 Å². The lowest BCUT2D eigenvalue weighted by Gasteiger charge is -2.29. The van der Waals surface area contributed by atoms with Crippen molar-refractivity contribution in [3.05, 3.63) is 59.0 Å². The van der Waals surface area contributed by atoms with Gasteiger partial charge in [0.05, 0.1) is 12.3 Å². The van der Waals surface area contributed by atoms with Gasteiger partial charge in [0.2, 0.25) is 0 Å². The summed E-state index contributed by atoms with van der Waals surface area (Å²) in [6, 6.07) is 10.5. The van der Waals surface area contributed by atoms with Gasteiger partial charge >= 0.3 is 0 Å². The molecule has 1 atom stereocenters. The van der Waals surface area contributed by atoms with E-state index in [2.05, 4.69) is 24.3 Å². The van der Waals surface area contributed by atoms with Crippen molar-refractivity contribution < 1.29 is 4.42 Å². The summed E-state index contributed by atoms with van der Waals surface area (Å²) in [7, 11) is 0. The van der Waals surface area contributed by atoms with E-state index < -0.39 is 0 Å². The molecule has 1 saturated carbocycles. The first-order valence-electron chi connectivity index (χ1n) is 6.65. The van der Waals surface area contributed by atoms with Gasteiger partial charge in [-0.2, -0.15) is 0 Å². The molecular formula is C16H19NO. The Morgan fingerprint density at radius 1 is 1.28 bits per heavy atom. The second-order valence-corrected chi connectivity index (χ2v) is 5.23. The molecule has 1 aliphatic rings. The van der Waals surface area contributed by atoms with Crippen LogP contribution in [0.15, 0.2) is 41.0 Å². The smallest absolute Gasteiger partial charge is 0.101 e. The summed E-state index contributed by atoms with van der Waals surface area (Å²) in [4.78, 5) is 0. The fourth-order valence-electron chi connectivity index (χ4n) is 2.69. The molecule has 2 N–H and O–H groups in total. The first kappa shape index (κ1) is 11.5. The Balaban J connectivity index is 1.95. The molecule has 0 spiro atoms. The predicted molar refractivity (Wildman–Crippen MR) is 72.5 cm³/mol. The van der Waals surface area contributed by atoms with Crippen molar-refractivity contribution in [3.8, 4) is 0 Å². The molecule has 0 saturated heterocycles. The maximum atomic E-state index is 6.39. The number of nitrogens with two attached hydrogens (primary N) is 1. The topological polar surface area (TPSA) is 39.2 Å². The normalized spacial score (nSPS) is 17.4. The molecule has 1 heterocycles. The highest BCUT2D eigenvalue weighted by Gasteiger charge is 2.24. The highest BCUT2D eigenvalue weighted by molar-refractivity contribution is 5.39. The van der Waals surface area contributed by atoms with E-state index in [9.17, 15) is 0 Å². The van der Waals surface area contributed by atoms with Gasteiger partial charge in [0.15, 0.2) is 0 Å². The van der Waals surface area contributed by atoms with Crippen LogP contribution in [-0.4, -0.2) is 0 Å². The SMILES string of the molecule is Cc1cc(C(N)c2ccccc2C2CCC2)co1. The number of hydrogen-bond acceptors (Lipinski definition) is 2. The molecule has 2 heteroatoms. The van der Waals surface area contributed by atoms with Crippen molar-refractivity contribution in [2.24, 2.45) is 5.73 Å². The zero-order valence-corrected chi connectivity index (χ0v) is 10.7. The second-order valence-electron chi connectivity index (χ2n) is 5.23. The van der Waals surface area contributed by atoms with E-state index >= 15 is 0 Å². The van der Waals surface area contributed by atoms with Gasteiger partial charge in [-0.15, -0.1) is 0 Å². The summed E-state index contributed by atoms with van der Waals surface area (Å²) in [6.07, 6.45) is 5.72. The molecule has 1 aliphatic carbocycles. The van der Waals surface area contributed by atoms with E-state index in [1.54, 1.807) is 6.26 Å². The van der Waals surface area contributed by atoms with Gasteiger partial charge in [-0.25, -0.2) is 0 Å². The van der Waals surface area contributed by atoms with E-state index in [0.717, 1.165) is 11.3 Å². The second kappa shape index (κ2) is 4.62. The van der Waals surface area contributed by atoms with Crippen LogP contribution in [0.2, 0.25) is 0 Å². The molecule has 2 aromatic rings. The lowest BCUT2D eigenvalue weighted by Crippen LogP contribution is -2.17. The Kier molecular flexibility index (Phi) is 2.96. The molecule has 1 unspecified atom stereocenters. The third-order valence-electron chi connectivity index (χ3n) is 3.99. The lowest BCUT2D eigenvalue weighted by molar-refractivity contribution is 0.416. The molecule has 94 valence electrons. The Hall–Kier alpha value is -1.54. The van der Waals surface area contributed by atoms with Crippen LogP contribution >= 0.6 is 0 Å². The fourth-order valence-corrected chi connectivity index (χ4v) is 2.69. The fraction of sp³-hybridized carbons (Fsp3) is 0.375. The van der Waals surface area contributed by atoms with Gasteiger partial charge in [-0.3, -0.25) is 0 Å². The molecule has 1 aromatic carbocycles. The number of benzene rings is 1. The van der Waals surface area contributed by atoms with Crippen molar-refractivity contribution in [3.63, 3.8) is 0 Å². The van der Waals surface area contributed by atoms with Gasteiger partial charge in [-0.1, -0.05) is 30.7 Å². The molecule has 1 aromatic heterocycles. The molecule has 18 heavy (non-hydrogen) atoms. The number of aryl methyl sites for hydroxylation is 1. The van der Waals surface area contributed by atoms with Crippen LogP contribution in [0.4, 0.5) is 0 Å². The van der Waals surface area contributed by atoms with Gasteiger partial charge in [0, 0.05) is 5.56 Å². The molecular weight excluding hydrogens is 222 g/mol. The number of rotatable bonds is 3. The average molecular weight is 241 g/mol. The minimum atomic E-state index is -0.0701. The Morgan fingerprint density at radius 3 is 2.67 bits per heavy atom. The van der Waals surface area contributed by atoms with E-state index in [1.807, 2.05) is 13.0 Å². The zero-order valence-electron chi connectivity index (χ0n) is 10.7. The predicted octanol–water partition coefficient (Wildman–Crippen LogP) is 3.90. The lowest BCUT2D eigenvalue weighted by atomic mass is 9.77. The summed E-state index contributed by atoms with van der Waals surface area (Å²) >= 11 is 0. The Morgan fingerprint density at radius 2 is 2.06 bits per heavy atom. The van der Waals surface area contributed by atoms with Crippen LogP contribution in [0.25, 0.3) is 0 Å². The highest BCUT2D eigenvalue weighted by atomic mass is 16.3. The summed E-state index contributed by atoms with van der Waals surface area (Å²) in [5, 5.41) is 0. The maximum Gasteiger partial charge on any atom is 0.101 e. The number of hydrogen-bond donors (Lipinski definition) is 1. The molecule has 3 rings (SSSR count). The molecule has 1 fully saturated rings. The van der Waals surface area contributed by atoms with E-state index in [4.69, 9.17) is 10.2 Å². The van der Waals surface area contributed by atoms with Gasteiger partial charge in [0.25, 0.3) is 0 Å². The first-order chi connectivity index (χ1) is 8.75. The molecule has 0 bridgehead atoms. The summed E-state index contributed by atoms with van der Waals surface area (Å²) < 4.78 is 5.37. The third kappa shape index (κ3) is 1.97. The van der Waals surface area contributed by atoms with Crippen LogP contribution in [0.3, 0.4) is 0 Å². The van der Waals surface area contributed by atoms with E-state index in [0.29, 0.717) is 5.92 Å². The van der Waals surface area contributed by atoms with E-state index in [1.165, 1.54) is 30.4 Å². The van der Waals surface area contributed by atoms with Crippen molar-refractivity contribution in [2.45, 2.75) is 38.1 Å². The summed E-state index contributed by atoms with van der Waals surface area (Å²) in [6.45, 7) is 1.95. The monoisotopic (exact) mass is 241 g/mol. The Labute approximate surface area is 108 Å². The molecule has 0 aliphatic heterocycles. The maximum absolute atomic E-state index is 6.39. The zero-order chi connectivity index (χ0) is 12.5. The Bertz CT molecular complexity index is 540. The molecule has 0 amide bonds. The minimum absolute atomic E-state index is 0.0701. The standard InChI is InChI=1S/C16H19NO/c1-11-9-13(10-18-11)16(17)15-8-3-2-7-14(15)12-5-4-6-12/h2-3,7-10,12,16H,4-6,17H2,1H3. The molecule has 2 nitrogen and oxygen atoms in total. The van der Waals surface area contributed by atoms with Crippen LogP contribution in [0, 0.1) is 6.92 Å². The van der Waals surface area contributed by atoms with Crippen LogP contribution in [0.5, 0.6) is 0 Å². The first-order valence-corrected chi connectivity index (χ1v) is 6.65. The van der Waals surface area contributed by atoms with Crippen LogP contribution in [0.1, 0.15) is 53.7 Å². The van der Waals surface area contributed by atoms with Gasteiger partial charge in [-0.05, 0) is 42.9 Å². The van der Waals surface area contributed by atoms with Gasteiger partial charge in [0.1, 0.15) is 5.76 Å². The van der Waals surface area contributed by atoms with Crippen LogP contribution in [-0.2, 0) is 0 Å². The summed E-state index contributed by atoms with van der Waals surface area (Å²) in [5.41, 5.74) is 10.1. The van der Waals surface area contributed by atoms with E-state index in [-0.39, 0.29) is 6.04 Å². The quantitative estimate of drug-likeness (QED) is 0.885.